The van der Waals surface area contributed by atoms with E-state index < -0.39 is 0 Å². The second kappa shape index (κ2) is 4.60. The quantitative estimate of drug-likeness (QED) is 0.734. The first-order valence-electron chi connectivity index (χ1n) is 6.80. The van der Waals surface area contributed by atoms with Gasteiger partial charge in [0, 0.05) is 24.2 Å². The molecule has 0 fully saturated rings. The summed E-state index contributed by atoms with van der Waals surface area (Å²) in [7, 11) is 0. The van der Waals surface area contributed by atoms with E-state index >= 15 is 0 Å². The maximum Gasteiger partial charge on any atom is 0.258 e. The van der Waals surface area contributed by atoms with Gasteiger partial charge in [0.15, 0.2) is 4.96 Å². The molecule has 0 amide bonds. The van der Waals surface area contributed by atoms with E-state index in [1.807, 2.05) is 17.5 Å². The van der Waals surface area contributed by atoms with Gasteiger partial charge in [0.1, 0.15) is 0 Å². The van der Waals surface area contributed by atoms with Crippen LogP contribution >= 0.6 is 11.3 Å². The Morgan fingerprint density at radius 1 is 1.38 bits per heavy atom. The Morgan fingerprint density at radius 3 is 3.19 bits per heavy atom. The van der Waals surface area contributed by atoms with Gasteiger partial charge < -0.3 is 10.6 Å². The second-order valence-electron chi connectivity index (χ2n) is 5.17. The summed E-state index contributed by atoms with van der Waals surface area (Å²) >= 11 is 1.47. The van der Waals surface area contributed by atoms with E-state index in [0.29, 0.717) is 6.54 Å². The van der Waals surface area contributed by atoms with Crippen LogP contribution < -0.4 is 16.2 Å². The normalized spacial score (nSPS) is 13.8. The predicted octanol–water partition coefficient (Wildman–Crippen LogP) is 1.90. The van der Waals surface area contributed by atoms with Gasteiger partial charge in [0.2, 0.25) is 0 Å². The molecular weight excluding hydrogens is 284 g/mol. The molecule has 21 heavy (non-hydrogen) atoms. The second-order valence-corrected chi connectivity index (χ2v) is 6.04. The number of fused-ring (bicyclic) bond motifs is 2. The summed E-state index contributed by atoms with van der Waals surface area (Å²) < 4.78 is 1.57. The van der Waals surface area contributed by atoms with E-state index in [9.17, 15) is 4.79 Å². The average molecular weight is 298 g/mol. The van der Waals surface area contributed by atoms with E-state index in [0.717, 1.165) is 35.0 Å². The Kier molecular flexibility index (Phi) is 2.71. The van der Waals surface area contributed by atoms with Gasteiger partial charge in [-0.15, -0.1) is 11.3 Å². The van der Waals surface area contributed by atoms with Crippen molar-refractivity contribution in [3.63, 3.8) is 0 Å². The van der Waals surface area contributed by atoms with Gasteiger partial charge >= 0.3 is 0 Å². The number of thiazole rings is 1. The Balaban J connectivity index is 1.72. The molecule has 106 valence electrons. The number of benzene rings is 1. The van der Waals surface area contributed by atoms with Crippen molar-refractivity contribution in [3.8, 4) is 0 Å². The third-order valence-corrected chi connectivity index (χ3v) is 4.58. The van der Waals surface area contributed by atoms with Gasteiger partial charge in [-0.1, -0.05) is 12.1 Å². The molecule has 0 spiro atoms. The highest BCUT2D eigenvalue weighted by Gasteiger charge is 2.22. The number of hydrogen-bond acceptors (Lipinski definition) is 5. The topological polar surface area (TPSA) is 63.6 Å². The molecule has 1 aliphatic rings. The zero-order chi connectivity index (χ0) is 14.4. The molecule has 5 nitrogen and oxygen atoms in total. The first-order valence-corrected chi connectivity index (χ1v) is 7.68. The Labute approximate surface area is 125 Å². The lowest BCUT2D eigenvalue weighted by Crippen LogP contribution is -2.23. The van der Waals surface area contributed by atoms with E-state index in [1.165, 1.54) is 16.9 Å². The molecule has 0 aliphatic carbocycles. The number of nitrogens with zero attached hydrogens (tertiary/aromatic N) is 3. The highest BCUT2D eigenvalue weighted by Crippen LogP contribution is 2.34. The van der Waals surface area contributed by atoms with E-state index in [2.05, 4.69) is 16.0 Å². The Hall–Kier alpha value is -2.34. The van der Waals surface area contributed by atoms with Gasteiger partial charge in [-0.05, 0) is 18.1 Å². The van der Waals surface area contributed by atoms with Gasteiger partial charge in [0.25, 0.3) is 5.56 Å². The van der Waals surface area contributed by atoms with Crippen molar-refractivity contribution >= 4 is 27.7 Å². The molecule has 0 atom stereocenters. The van der Waals surface area contributed by atoms with Crippen molar-refractivity contribution < 1.29 is 0 Å². The largest absolute Gasteiger partial charge is 0.397 e. The average Bonchev–Trinajstić information content (AvgIpc) is 3.07. The molecule has 3 heterocycles. The summed E-state index contributed by atoms with van der Waals surface area (Å²) in [5.41, 5.74) is 10.0. The molecule has 2 aromatic heterocycles. The number of rotatable bonds is 2. The minimum atomic E-state index is -0.0308. The van der Waals surface area contributed by atoms with Gasteiger partial charge in [-0.3, -0.25) is 9.20 Å². The molecule has 0 radical (unpaired) electrons. The molecule has 3 aromatic rings. The summed E-state index contributed by atoms with van der Waals surface area (Å²) in [5.74, 6) is 0. The van der Waals surface area contributed by atoms with Crippen molar-refractivity contribution in [2.45, 2.75) is 13.0 Å². The summed E-state index contributed by atoms with van der Waals surface area (Å²) in [4.78, 5) is 19.5. The molecule has 4 rings (SSSR count). The van der Waals surface area contributed by atoms with Crippen LogP contribution in [0, 0.1) is 0 Å². The van der Waals surface area contributed by atoms with Crippen molar-refractivity contribution in [2.24, 2.45) is 0 Å². The molecule has 0 bridgehead atoms. The molecule has 0 unspecified atom stereocenters. The Bertz CT molecular complexity index is 883. The summed E-state index contributed by atoms with van der Waals surface area (Å²) in [6.45, 7) is 1.53. The molecule has 1 aromatic carbocycles. The smallest absolute Gasteiger partial charge is 0.258 e. The lowest BCUT2D eigenvalue weighted by atomic mass is 10.1. The number of hydrogen-bond donors (Lipinski definition) is 1. The highest BCUT2D eigenvalue weighted by atomic mass is 32.1. The van der Waals surface area contributed by atoms with Crippen LogP contribution in [0.25, 0.3) is 4.96 Å². The predicted molar refractivity (Wildman–Crippen MR) is 84.9 cm³/mol. The summed E-state index contributed by atoms with van der Waals surface area (Å²) in [6, 6.07) is 7.62. The van der Waals surface area contributed by atoms with Crippen molar-refractivity contribution in [3.05, 3.63) is 57.5 Å². The molecular formula is C15H14N4OS. The van der Waals surface area contributed by atoms with Gasteiger partial charge in [0.05, 0.1) is 23.6 Å². The van der Waals surface area contributed by atoms with Crippen LogP contribution in [0.5, 0.6) is 0 Å². The van der Waals surface area contributed by atoms with Crippen molar-refractivity contribution in [1.29, 1.82) is 0 Å². The van der Waals surface area contributed by atoms with Crippen LogP contribution in [0.15, 0.2) is 40.6 Å². The van der Waals surface area contributed by atoms with Gasteiger partial charge in [-0.25, -0.2) is 4.98 Å². The molecule has 6 heteroatoms. The van der Waals surface area contributed by atoms with Crippen LogP contribution in [-0.4, -0.2) is 15.9 Å². The van der Waals surface area contributed by atoms with Gasteiger partial charge in [-0.2, -0.15) is 0 Å². The van der Waals surface area contributed by atoms with Crippen LogP contribution in [0.1, 0.15) is 11.3 Å². The Morgan fingerprint density at radius 2 is 2.29 bits per heavy atom. The molecule has 1 aliphatic heterocycles. The summed E-state index contributed by atoms with van der Waals surface area (Å²) in [6.07, 6.45) is 2.74. The van der Waals surface area contributed by atoms with E-state index in [4.69, 9.17) is 5.73 Å². The number of aromatic nitrogens is 2. The minimum absolute atomic E-state index is 0.0308. The number of nitrogens with two attached hydrogens (primary N) is 1. The lowest BCUT2D eigenvalue weighted by molar-refractivity contribution is 0.811. The van der Waals surface area contributed by atoms with Crippen molar-refractivity contribution in [2.75, 3.05) is 17.2 Å². The molecule has 2 N–H and O–H groups in total. The first-order chi connectivity index (χ1) is 10.2. The number of nitrogen functional groups attached to an aromatic ring is 1. The fraction of sp³-hybridized carbons (Fsp3) is 0.200. The number of anilines is 2. The van der Waals surface area contributed by atoms with Crippen LogP contribution in [0.3, 0.4) is 0 Å². The SMILES string of the molecule is Nc1cccc2c1N(Cc1cc(=O)n3ccsc3n1)CC2. The van der Waals surface area contributed by atoms with E-state index in [-0.39, 0.29) is 5.56 Å². The van der Waals surface area contributed by atoms with Crippen LogP contribution in [0.2, 0.25) is 0 Å². The maximum absolute atomic E-state index is 12.0. The van der Waals surface area contributed by atoms with Crippen LogP contribution in [-0.2, 0) is 13.0 Å². The van der Waals surface area contributed by atoms with Crippen molar-refractivity contribution in [1.82, 2.24) is 9.38 Å². The maximum atomic E-state index is 12.0. The first kappa shape index (κ1) is 12.4. The third kappa shape index (κ3) is 1.99. The third-order valence-electron chi connectivity index (χ3n) is 3.83. The standard InChI is InChI=1S/C15H14N4OS/c16-12-3-1-2-10-4-5-18(14(10)12)9-11-8-13(20)19-6-7-21-15(19)17-11/h1-3,6-8H,4-5,9,16H2. The lowest BCUT2D eigenvalue weighted by Gasteiger charge is -2.20. The fourth-order valence-electron chi connectivity index (χ4n) is 2.89. The zero-order valence-corrected chi connectivity index (χ0v) is 12.1. The highest BCUT2D eigenvalue weighted by molar-refractivity contribution is 7.15. The summed E-state index contributed by atoms with van der Waals surface area (Å²) in [5, 5.41) is 1.87. The minimum Gasteiger partial charge on any atom is -0.397 e. The monoisotopic (exact) mass is 298 g/mol. The van der Waals surface area contributed by atoms with Crippen LogP contribution in [0.4, 0.5) is 11.4 Å². The molecule has 0 saturated carbocycles. The van der Waals surface area contributed by atoms with E-state index in [1.54, 1.807) is 16.7 Å². The zero-order valence-electron chi connectivity index (χ0n) is 11.3. The molecule has 0 saturated heterocycles. The number of para-hydroxylation sites is 1. The fourth-order valence-corrected chi connectivity index (χ4v) is 3.63.